The molecular formula is C14H14F3N3O3. The van der Waals surface area contributed by atoms with Gasteiger partial charge in [-0.1, -0.05) is 0 Å². The first-order valence-electron chi connectivity index (χ1n) is 6.45. The molecule has 0 unspecified atom stereocenters. The number of rotatable bonds is 5. The number of methoxy groups -OCH3 is 2. The summed E-state index contributed by atoms with van der Waals surface area (Å²) in [5.74, 6) is 0.326. The first-order valence-corrected chi connectivity index (χ1v) is 6.45. The molecule has 1 aromatic heterocycles. The van der Waals surface area contributed by atoms with Crippen molar-refractivity contribution in [3.05, 3.63) is 36.2 Å². The summed E-state index contributed by atoms with van der Waals surface area (Å²) in [7, 11) is 2.90. The highest BCUT2D eigenvalue weighted by Crippen LogP contribution is 2.28. The summed E-state index contributed by atoms with van der Waals surface area (Å²) in [5, 5.41) is 6.01. The third kappa shape index (κ3) is 4.38. The van der Waals surface area contributed by atoms with Crippen LogP contribution in [0.1, 0.15) is 10.4 Å². The Labute approximate surface area is 129 Å². The maximum Gasteiger partial charge on any atom is 0.408 e. The molecule has 2 rings (SSSR count). The summed E-state index contributed by atoms with van der Waals surface area (Å²) in [6.07, 6.45) is -2.13. The highest BCUT2D eigenvalue weighted by atomic mass is 19.4. The molecule has 0 radical (unpaired) electrons. The Morgan fingerprint density at radius 1 is 1.26 bits per heavy atom. The third-order valence-corrected chi connectivity index (χ3v) is 2.88. The molecule has 0 aliphatic heterocycles. The molecule has 1 aromatic carbocycles. The number of amides is 1. The number of hydrogen-bond donors (Lipinski definition) is 1. The van der Waals surface area contributed by atoms with Gasteiger partial charge in [-0.15, -0.1) is 0 Å². The lowest BCUT2D eigenvalue weighted by Gasteiger charge is -2.09. The van der Waals surface area contributed by atoms with Gasteiger partial charge in [0.25, 0.3) is 5.91 Å². The number of benzene rings is 1. The zero-order valence-electron chi connectivity index (χ0n) is 12.3. The molecule has 0 atom stereocenters. The number of nitrogens with one attached hydrogen (secondary N) is 1. The molecule has 1 N–H and O–H groups in total. The molecule has 0 saturated heterocycles. The van der Waals surface area contributed by atoms with Crippen molar-refractivity contribution < 1.29 is 27.4 Å². The monoisotopic (exact) mass is 329 g/mol. The standard InChI is InChI=1S/C14H14F3N3O3/c1-22-11-4-3-9(5-12(11)23-2)13(21)19-10-6-18-20(7-10)8-14(15,16)17/h3-7H,8H2,1-2H3,(H,19,21). The summed E-state index contributed by atoms with van der Waals surface area (Å²) in [5.41, 5.74) is 0.431. The molecule has 0 aliphatic carbocycles. The van der Waals surface area contributed by atoms with Crippen molar-refractivity contribution in [3.8, 4) is 11.5 Å². The maximum atomic E-state index is 12.3. The molecule has 2 aromatic rings. The Balaban J connectivity index is 2.10. The molecule has 9 heteroatoms. The van der Waals surface area contributed by atoms with Gasteiger partial charge in [0.05, 0.1) is 26.1 Å². The van der Waals surface area contributed by atoms with Gasteiger partial charge >= 0.3 is 6.18 Å². The number of hydrogen-bond acceptors (Lipinski definition) is 4. The van der Waals surface area contributed by atoms with E-state index in [1.54, 1.807) is 6.07 Å². The van der Waals surface area contributed by atoms with Crippen LogP contribution in [0.25, 0.3) is 0 Å². The summed E-state index contributed by atoms with van der Waals surface area (Å²) in [6, 6.07) is 4.53. The smallest absolute Gasteiger partial charge is 0.408 e. The lowest BCUT2D eigenvalue weighted by atomic mass is 10.2. The Morgan fingerprint density at radius 2 is 1.96 bits per heavy atom. The van der Waals surface area contributed by atoms with Crippen LogP contribution in [0.3, 0.4) is 0 Å². The molecule has 6 nitrogen and oxygen atoms in total. The molecule has 0 saturated carbocycles. The minimum Gasteiger partial charge on any atom is -0.493 e. The molecule has 0 aliphatic rings. The van der Waals surface area contributed by atoms with E-state index in [4.69, 9.17) is 9.47 Å². The zero-order chi connectivity index (χ0) is 17.0. The van der Waals surface area contributed by atoms with Gasteiger partial charge in [-0.3, -0.25) is 9.48 Å². The second-order valence-electron chi connectivity index (χ2n) is 4.57. The van der Waals surface area contributed by atoms with Crippen LogP contribution >= 0.6 is 0 Å². The van der Waals surface area contributed by atoms with Gasteiger partial charge in [-0.2, -0.15) is 18.3 Å². The van der Waals surface area contributed by atoms with Crippen LogP contribution in [0.2, 0.25) is 0 Å². The lowest BCUT2D eigenvalue weighted by Crippen LogP contribution is -2.18. The summed E-state index contributed by atoms with van der Waals surface area (Å²) in [6.45, 7) is -1.22. The fraction of sp³-hybridized carbons (Fsp3) is 0.286. The molecule has 23 heavy (non-hydrogen) atoms. The molecule has 0 spiro atoms. The van der Waals surface area contributed by atoms with E-state index < -0.39 is 18.6 Å². The highest BCUT2D eigenvalue weighted by molar-refractivity contribution is 6.04. The minimum atomic E-state index is -4.38. The second-order valence-corrected chi connectivity index (χ2v) is 4.57. The number of halogens is 3. The Kier molecular flexibility index (Phi) is 4.77. The molecule has 1 heterocycles. The SMILES string of the molecule is COc1ccc(C(=O)Nc2cnn(CC(F)(F)F)c2)cc1OC. The second kappa shape index (κ2) is 6.59. The van der Waals surface area contributed by atoms with E-state index in [2.05, 4.69) is 10.4 Å². The highest BCUT2D eigenvalue weighted by Gasteiger charge is 2.28. The lowest BCUT2D eigenvalue weighted by molar-refractivity contribution is -0.142. The van der Waals surface area contributed by atoms with Gasteiger partial charge < -0.3 is 14.8 Å². The Hall–Kier alpha value is -2.71. The number of anilines is 1. The quantitative estimate of drug-likeness (QED) is 0.916. The Morgan fingerprint density at radius 3 is 2.57 bits per heavy atom. The zero-order valence-corrected chi connectivity index (χ0v) is 12.3. The number of carbonyl (C=O) groups excluding carboxylic acids is 1. The van der Waals surface area contributed by atoms with Gasteiger partial charge in [-0.25, -0.2) is 0 Å². The summed E-state index contributed by atoms with van der Waals surface area (Å²) >= 11 is 0. The van der Waals surface area contributed by atoms with Crippen LogP contribution < -0.4 is 14.8 Å². The van der Waals surface area contributed by atoms with Crippen molar-refractivity contribution in [3.63, 3.8) is 0 Å². The van der Waals surface area contributed by atoms with Crippen LogP contribution in [-0.4, -0.2) is 36.1 Å². The van der Waals surface area contributed by atoms with Gasteiger partial charge in [0.1, 0.15) is 6.54 Å². The van der Waals surface area contributed by atoms with E-state index in [1.165, 1.54) is 26.4 Å². The van der Waals surface area contributed by atoms with Crippen molar-refractivity contribution in [2.24, 2.45) is 0 Å². The van der Waals surface area contributed by atoms with Crippen LogP contribution in [0, 0.1) is 0 Å². The van der Waals surface area contributed by atoms with Crippen LogP contribution in [-0.2, 0) is 6.54 Å². The predicted octanol–water partition coefficient (Wildman–Crippen LogP) is 2.71. The maximum absolute atomic E-state index is 12.3. The van der Waals surface area contributed by atoms with Crippen LogP contribution in [0.4, 0.5) is 18.9 Å². The van der Waals surface area contributed by atoms with E-state index >= 15 is 0 Å². The topological polar surface area (TPSA) is 65.4 Å². The average molecular weight is 329 g/mol. The number of ether oxygens (including phenoxy) is 2. The third-order valence-electron chi connectivity index (χ3n) is 2.88. The van der Waals surface area contributed by atoms with E-state index in [0.717, 1.165) is 12.4 Å². The number of carbonyl (C=O) groups is 1. The van der Waals surface area contributed by atoms with Gasteiger partial charge in [-0.05, 0) is 18.2 Å². The van der Waals surface area contributed by atoms with Crippen LogP contribution in [0.15, 0.2) is 30.6 Å². The molecule has 1 amide bonds. The fourth-order valence-electron chi connectivity index (χ4n) is 1.88. The Bertz CT molecular complexity index is 698. The van der Waals surface area contributed by atoms with Crippen molar-refractivity contribution in [1.29, 1.82) is 0 Å². The largest absolute Gasteiger partial charge is 0.493 e. The molecule has 124 valence electrons. The number of nitrogens with zero attached hydrogens (tertiary/aromatic N) is 2. The van der Waals surface area contributed by atoms with Crippen molar-refractivity contribution in [1.82, 2.24) is 9.78 Å². The van der Waals surface area contributed by atoms with E-state index in [1.807, 2.05) is 0 Å². The van der Waals surface area contributed by atoms with E-state index in [0.29, 0.717) is 16.2 Å². The van der Waals surface area contributed by atoms with Gasteiger partial charge in [0, 0.05) is 11.8 Å². The van der Waals surface area contributed by atoms with Crippen molar-refractivity contribution >= 4 is 11.6 Å². The van der Waals surface area contributed by atoms with Gasteiger partial charge in [0.15, 0.2) is 11.5 Å². The minimum absolute atomic E-state index is 0.161. The van der Waals surface area contributed by atoms with Crippen LogP contribution in [0.5, 0.6) is 11.5 Å². The summed E-state index contributed by atoms with van der Waals surface area (Å²) in [4.78, 5) is 12.1. The molecular weight excluding hydrogens is 315 g/mol. The number of alkyl halides is 3. The van der Waals surface area contributed by atoms with E-state index in [-0.39, 0.29) is 11.3 Å². The average Bonchev–Trinajstić information content (AvgIpc) is 2.91. The normalized spacial score (nSPS) is 11.2. The molecule has 0 bridgehead atoms. The fourth-order valence-corrected chi connectivity index (χ4v) is 1.88. The van der Waals surface area contributed by atoms with Crippen molar-refractivity contribution in [2.45, 2.75) is 12.7 Å². The van der Waals surface area contributed by atoms with Crippen molar-refractivity contribution in [2.75, 3.05) is 19.5 Å². The number of aromatic nitrogens is 2. The first kappa shape index (κ1) is 16.7. The first-order chi connectivity index (χ1) is 10.8. The van der Waals surface area contributed by atoms with Gasteiger partial charge in [0.2, 0.25) is 0 Å². The predicted molar refractivity (Wildman–Crippen MR) is 75.8 cm³/mol. The van der Waals surface area contributed by atoms with E-state index in [9.17, 15) is 18.0 Å². The summed E-state index contributed by atoms with van der Waals surface area (Å²) < 4.78 is 47.6. The molecule has 0 fully saturated rings.